The van der Waals surface area contributed by atoms with Gasteiger partial charge in [-0.15, -0.1) is 0 Å². The summed E-state index contributed by atoms with van der Waals surface area (Å²) in [5.74, 6) is 0. The molecule has 0 aliphatic carbocycles. The van der Waals surface area contributed by atoms with Gasteiger partial charge in [0.1, 0.15) is 0 Å². The van der Waals surface area contributed by atoms with Crippen LogP contribution in [0.3, 0.4) is 0 Å². The Kier molecular flexibility index (Phi) is 4.51. The van der Waals surface area contributed by atoms with Gasteiger partial charge in [-0.05, 0) is 24.3 Å². The number of amides is 2. The van der Waals surface area contributed by atoms with Crippen molar-refractivity contribution < 1.29 is 4.79 Å². The molecule has 1 N–H and O–H groups in total. The van der Waals surface area contributed by atoms with Crippen LogP contribution in [0.2, 0.25) is 5.02 Å². The maximum atomic E-state index is 11.5. The van der Waals surface area contributed by atoms with Crippen molar-refractivity contribution in [1.82, 2.24) is 15.1 Å². The lowest BCUT2D eigenvalue weighted by atomic mass is 10.2. The number of carbonyl (C=O) groups excluding carboxylic acids is 1. The lowest BCUT2D eigenvalue weighted by Crippen LogP contribution is -2.48. The standard InChI is InChI=1S/C15H21ClN4O/c16-13-1-3-14(4-2-13)19-10-7-18(8-11-19)9-12-20-6-5-17-15(20)21/h1-4H,5-12H2,(H,17,21). The summed E-state index contributed by atoms with van der Waals surface area (Å²) in [6.07, 6.45) is 0. The van der Waals surface area contributed by atoms with Gasteiger partial charge < -0.3 is 15.1 Å². The third kappa shape index (κ3) is 3.60. The smallest absolute Gasteiger partial charge is 0.317 e. The monoisotopic (exact) mass is 308 g/mol. The zero-order chi connectivity index (χ0) is 14.7. The first kappa shape index (κ1) is 14.5. The van der Waals surface area contributed by atoms with Gasteiger partial charge in [0.05, 0.1) is 0 Å². The van der Waals surface area contributed by atoms with Crippen LogP contribution in [0.4, 0.5) is 10.5 Å². The van der Waals surface area contributed by atoms with Gasteiger partial charge in [0.15, 0.2) is 0 Å². The summed E-state index contributed by atoms with van der Waals surface area (Å²) in [4.78, 5) is 18.2. The van der Waals surface area contributed by atoms with E-state index in [9.17, 15) is 4.79 Å². The molecular formula is C15H21ClN4O. The van der Waals surface area contributed by atoms with Gasteiger partial charge >= 0.3 is 6.03 Å². The summed E-state index contributed by atoms with van der Waals surface area (Å²) in [5, 5.41) is 3.62. The Morgan fingerprint density at radius 2 is 1.71 bits per heavy atom. The zero-order valence-corrected chi connectivity index (χ0v) is 12.9. The van der Waals surface area contributed by atoms with E-state index >= 15 is 0 Å². The third-order valence-corrected chi connectivity index (χ3v) is 4.45. The fourth-order valence-electron chi connectivity index (χ4n) is 2.87. The summed E-state index contributed by atoms with van der Waals surface area (Å²) in [6, 6.07) is 8.11. The van der Waals surface area contributed by atoms with Crippen LogP contribution >= 0.6 is 11.6 Å². The summed E-state index contributed by atoms with van der Waals surface area (Å²) in [7, 11) is 0. The number of hydrogen-bond acceptors (Lipinski definition) is 3. The summed E-state index contributed by atoms with van der Waals surface area (Å²) in [6.45, 7) is 7.53. The van der Waals surface area contributed by atoms with E-state index in [1.165, 1.54) is 5.69 Å². The molecule has 114 valence electrons. The van der Waals surface area contributed by atoms with Crippen LogP contribution in [0, 0.1) is 0 Å². The highest BCUT2D eigenvalue weighted by atomic mass is 35.5. The number of hydrogen-bond donors (Lipinski definition) is 1. The first-order valence-corrected chi connectivity index (χ1v) is 7.86. The molecule has 21 heavy (non-hydrogen) atoms. The van der Waals surface area contributed by atoms with Crippen molar-refractivity contribution in [3.63, 3.8) is 0 Å². The van der Waals surface area contributed by atoms with Crippen molar-refractivity contribution in [2.45, 2.75) is 0 Å². The number of nitrogens with zero attached hydrogens (tertiary/aromatic N) is 3. The maximum Gasteiger partial charge on any atom is 0.317 e. The van der Waals surface area contributed by atoms with Crippen molar-refractivity contribution in [2.24, 2.45) is 0 Å². The molecule has 2 saturated heterocycles. The summed E-state index contributed by atoms with van der Waals surface area (Å²) in [5.41, 5.74) is 1.23. The number of nitrogens with one attached hydrogen (secondary N) is 1. The topological polar surface area (TPSA) is 38.8 Å². The molecule has 1 aromatic rings. The molecule has 3 rings (SSSR count). The van der Waals surface area contributed by atoms with Gasteiger partial charge in [-0.3, -0.25) is 4.90 Å². The van der Waals surface area contributed by atoms with E-state index in [4.69, 9.17) is 11.6 Å². The number of rotatable bonds is 4. The SMILES string of the molecule is O=C1NCCN1CCN1CCN(c2ccc(Cl)cc2)CC1. The molecule has 0 spiro atoms. The fourth-order valence-corrected chi connectivity index (χ4v) is 2.99. The van der Waals surface area contributed by atoms with Crippen LogP contribution in [0.15, 0.2) is 24.3 Å². The van der Waals surface area contributed by atoms with Crippen LogP contribution in [-0.2, 0) is 0 Å². The van der Waals surface area contributed by atoms with Gasteiger partial charge in [0.25, 0.3) is 0 Å². The highest BCUT2D eigenvalue weighted by Crippen LogP contribution is 2.19. The minimum atomic E-state index is 0.0785. The number of carbonyl (C=O) groups is 1. The molecule has 5 nitrogen and oxygen atoms in total. The minimum absolute atomic E-state index is 0.0785. The molecule has 0 radical (unpaired) electrons. The first-order valence-electron chi connectivity index (χ1n) is 7.48. The van der Waals surface area contributed by atoms with Gasteiger partial charge in [0.2, 0.25) is 0 Å². The van der Waals surface area contributed by atoms with Crippen molar-refractivity contribution >= 4 is 23.3 Å². The second-order valence-corrected chi connectivity index (χ2v) is 5.96. The predicted octanol–water partition coefficient (Wildman–Crippen LogP) is 1.49. The van der Waals surface area contributed by atoms with Crippen LogP contribution in [0.1, 0.15) is 0 Å². The average Bonchev–Trinajstić information content (AvgIpc) is 2.92. The normalized spacial score (nSPS) is 20.0. The Hall–Kier alpha value is -1.46. The minimum Gasteiger partial charge on any atom is -0.369 e. The van der Waals surface area contributed by atoms with Crippen LogP contribution in [-0.4, -0.2) is 68.2 Å². The Labute approximate surface area is 130 Å². The second-order valence-electron chi connectivity index (χ2n) is 5.52. The molecular weight excluding hydrogens is 288 g/mol. The Balaban J connectivity index is 1.44. The zero-order valence-electron chi connectivity index (χ0n) is 12.1. The van der Waals surface area contributed by atoms with E-state index in [2.05, 4.69) is 27.2 Å². The van der Waals surface area contributed by atoms with Crippen LogP contribution in [0.5, 0.6) is 0 Å². The summed E-state index contributed by atoms with van der Waals surface area (Å²) < 4.78 is 0. The molecule has 2 aliphatic rings. The Morgan fingerprint density at radius 3 is 2.33 bits per heavy atom. The molecule has 2 amide bonds. The molecule has 2 aliphatic heterocycles. The van der Waals surface area contributed by atoms with Crippen molar-refractivity contribution in [3.05, 3.63) is 29.3 Å². The first-order chi connectivity index (χ1) is 10.2. The molecule has 0 unspecified atom stereocenters. The quantitative estimate of drug-likeness (QED) is 0.916. The largest absolute Gasteiger partial charge is 0.369 e. The van der Waals surface area contributed by atoms with E-state index < -0.39 is 0 Å². The van der Waals surface area contributed by atoms with E-state index in [0.717, 1.165) is 57.4 Å². The highest BCUT2D eigenvalue weighted by Gasteiger charge is 2.21. The predicted molar refractivity (Wildman–Crippen MR) is 85.1 cm³/mol. The second kappa shape index (κ2) is 6.54. The van der Waals surface area contributed by atoms with Crippen molar-refractivity contribution in [3.8, 4) is 0 Å². The van der Waals surface area contributed by atoms with Gasteiger partial charge in [-0.2, -0.15) is 0 Å². The Morgan fingerprint density at radius 1 is 1.00 bits per heavy atom. The molecule has 1 aromatic carbocycles. The van der Waals surface area contributed by atoms with Crippen molar-refractivity contribution in [2.75, 3.05) is 57.3 Å². The van der Waals surface area contributed by atoms with E-state index in [0.29, 0.717) is 0 Å². The van der Waals surface area contributed by atoms with Crippen molar-refractivity contribution in [1.29, 1.82) is 0 Å². The van der Waals surface area contributed by atoms with Gasteiger partial charge in [0, 0.05) is 63.1 Å². The number of urea groups is 1. The average molecular weight is 309 g/mol. The Bertz CT molecular complexity index is 485. The number of halogens is 1. The van der Waals surface area contributed by atoms with Gasteiger partial charge in [-0.1, -0.05) is 11.6 Å². The number of benzene rings is 1. The number of anilines is 1. The lowest BCUT2D eigenvalue weighted by molar-refractivity contribution is 0.197. The maximum absolute atomic E-state index is 11.5. The van der Waals surface area contributed by atoms with Gasteiger partial charge in [-0.25, -0.2) is 4.79 Å². The van der Waals surface area contributed by atoms with E-state index in [-0.39, 0.29) is 6.03 Å². The molecule has 0 aromatic heterocycles. The van der Waals surface area contributed by atoms with E-state index in [1.54, 1.807) is 0 Å². The van der Waals surface area contributed by atoms with Crippen LogP contribution in [0.25, 0.3) is 0 Å². The third-order valence-electron chi connectivity index (χ3n) is 4.20. The van der Waals surface area contributed by atoms with E-state index in [1.807, 2.05) is 17.0 Å². The molecule has 0 bridgehead atoms. The molecule has 0 saturated carbocycles. The highest BCUT2D eigenvalue weighted by molar-refractivity contribution is 6.30. The number of piperazine rings is 1. The molecule has 0 atom stereocenters. The molecule has 2 fully saturated rings. The fraction of sp³-hybridized carbons (Fsp3) is 0.533. The summed E-state index contributed by atoms with van der Waals surface area (Å²) >= 11 is 5.92. The lowest BCUT2D eigenvalue weighted by Gasteiger charge is -2.36. The van der Waals surface area contributed by atoms with Crippen LogP contribution < -0.4 is 10.2 Å². The molecule has 2 heterocycles. The molecule has 6 heteroatoms.